The van der Waals surface area contributed by atoms with Crippen molar-refractivity contribution in [3.8, 4) is 17.4 Å². The van der Waals surface area contributed by atoms with E-state index in [9.17, 15) is 24.8 Å². The van der Waals surface area contributed by atoms with Gasteiger partial charge in [-0.1, -0.05) is 24.6 Å². The van der Waals surface area contributed by atoms with Crippen molar-refractivity contribution in [3.63, 3.8) is 0 Å². The Hall–Kier alpha value is -4.47. The number of ether oxygens (including phenoxy) is 2. The van der Waals surface area contributed by atoms with Crippen LogP contribution in [0.5, 0.6) is 17.4 Å². The topological polar surface area (TPSA) is 141 Å². The van der Waals surface area contributed by atoms with Crippen LogP contribution >= 0.6 is 0 Å². The number of benzene rings is 2. The minimum Gasteiger partial charge on any atom is -0.486 e. The monoisotopic (exact) mass is 491 g/mol. The van der Waals surface area contributed by atoms with Gasteiger partial charge in [-0.15, -0.1) is 0 Å². The molecule has 186 valence electrons. The van der Waals surface area contributed by atoms with E-state index in [4.69, 9.17) is 9.47 Å². The van der Waals surface area contributed by atoms with Crippen LogP contribution in [-0.2, 0) is 11.2 Å². The molecule has 4 rings (SSSR count). The minimum atomic E-state index is -1.13. The Morgan fingerprint density at radius 1 is 1.06 bits per heavy atom. The highest BCUT2D eigenvalue weighted by Gasteiger charge is 2.20. The number of nitrogens with one attached hydrogen (secondary N) is 1. The molecule has 1 heterocycles. The number of aromatic carboxylic acids is 1. The van der Waals surface area contributed by atoms with Crippen molar-refractivity contribution in [3.05, 3.63) is 82.0 Å². The number of nitro benzene ring substituents is 1. The third-order valence-corrected chi connectivity index (χ3v) is 5.79. The third-order valence-electron chi connectivity index (χ3n) is 5.79. The summed E-state index contributed by atoms with van der Waals surface area (Å²) in [5, 5.41) is 23.1. The second-order valence-electron chi connectivity index (χ2n) is 8.45. The van der Waals surface area contributed by atoms with Crippen LogP contribution in [-0.4, -0.2) is 33.0 Å². The quantitative estimate of drug-likeness (QED) is 0.300. The van der Waals surface area contributed by atoms with Crippen LogP contribution in [0.15, 0.2) is 60.8 Å². The van der Waals surface area contributed by atoms with Gasteiger partial charge in [0, 0.05) is 18.3 Å². The highest BCUT2D eigenvalue weighted by Crippen LogP contribution is 2.36. The Labute approximate surface area is 207 Å². The number of nitro groups is 1. The predicted octanol–water partition coefficient (Wildman–Crippen LogP) is 5.37. The summed E-state index contributed by atoms with van der Waals surface area (Å²) in [4.78, 5) is 38.7. The maximum absolute atomic E-state index is 12.4. The molecule has 1 amide bonds. The molecule has 2 aromatic carbocycles. The first-order valence-electron chi connectivity index (χ1n) is 11.6. The van der Waals surface area contributed by atoms with Crippen LogP contribution in [0, 0.1) is 10.1 Å². The summed E-state index contributed by atoms with van der Waals surface area (Å²) in [6.07, 6.45) is 6.45. The summed E-state index contributed by atoms with van der Waals surface area (Å²) in [6.45, 7) is 0. The van der Waals surface area contributed by atoms with Gasteiger partial charge in [-0.25, -0.2) is 9.78 Å². The normalized spacial score (nSPS) is 13.6. The van der Waals surface area contributed by atoms with E-state index >= 15 is 0 Å². The van der Waals surface area contributed by atoms with E-state index in [0.717, 1.165) is 32.1 Å². The molecule has 0 spiro atoms. The Morgan fingerprint density at radius 3 is 2.53 bits per heavy atom. The first-order valence-corrected chi connectivity index (χ1v) is 11.6. The van der Waals surface area contributed by atoms with Gasteiger partial charge >= 0.3 is 5.97 Å². The second-order valence-corrected chi connectivity index (χ2v) is 8.45. The van der Waals surface area contributed by atoms with Crippen LogP contribution in [0.25, 0.3) is 0 Å². The fraction of sp³-hybridized carbons (Fsp3) is 0.269. The van der Waals surface area contributed by atoms with Crippen LogP contribution in [0.3, 0.4) is 0 Å². The van der Waals surface area contributed by atoms with E-state index in [-0.39, 0.29) is 35.3 Å². The van der Waals surface area contributed by atoms with Gasteiger partial charge in [0.15, 0.2) is 11.5 Å². The number of carboxylic acids is 1. The molecule has 1 aliphatic carbocycles. The van der Waals surface area contributed by atoms with Crippen molar-refractivity contribution < 1.29 is 29.1 Å². The number of non-ortho nitro benzene ring substituents is 1. The number of anilines is 1. The molecule has 1 aromatic heterocycles. The highest BCUT2D eigenvalue weighted by atomic mass is 16.6. The molecule has 0 saturated heterocycles. The lowest BCUT2D eigenvalue weighted by molar-refractivity contribution is -0.385. The summed E-state index contributed by atoms with van der Waals surface area (Å²) in [7, 11) is 0. The van der Waals surface area contributed by atoms with Crippen molar-refractivity contribution in [1.29, 1.82) is 0 Å². The zero-order chi connectivity index (χ0) is 25.5. The lowest BCUT2D eigenvalue weighted by Gasteiger charge is -2.24. The Balaban J connectivity index is 1.43. The van der Waals surface area contributed by atoms with Gasteiger partial charge in [-0.05, 0) is 49.4 Å². The standard InChI is InChI=1S/C26H25N3O7/c30-24(28-21-9-5-4-8-20(21)26(31)32)14-17-10-13-25(27-16-17)36-22-12-11-18(29(33)34)15-23(22)35-19-6-2-1-3-7-19/h4-5,8-13,15-16,19H,1-3,6-7,14H2,(H,28,30)(H,31,32). The number of carbonyl (C=O) groups excluding carboxylic acids is 1. The molecular weight excluding hydrogens is 466 g/mol. The summed E-state index contributed by atoms with van der Waals surface area (Å²) in [5.41, 5.74) is 0.718. The number of rotatable bonds is 9. The molecule has 0 atom stereocenters. The van der Waals surface area contributed by atoms with Crippen molar-refractivity contribution in [2.45, 2.75) is 44.6 Å². The fourth-order valence-corrected chi connectivity index (χ4v) is 4.00. The first-order chi connectivity index (χ1) is 17.4. The first kappa shape index (κ1) is 24.6. The molecular formula is C26H25N3O7. The lowest BCUT2D eigenvalue weighted by Crippen LogP contribution is -2.20. The number of hydrogen-bond donors (Lipinski definition) is 2. The molecule has 0 unspecified atom stereocenters. The van der Waals surface area contributed by atoms with Gasteiger partial charge in [0.25, 0.3) is 5.69 Å². The van der Waals surface area contributed by atoms with Crippen molar-refractivity contribution in [2.24, 2.45) is 0 Å². The number of carboxylic acid groups (broad SMARTS) is 1. The zero-order valence-electron chi connectivity index (χ0n) is 19.4. The van der Waals surface area contributed by atoms with Crippen LogP contribution in [0.2, 0.25) is 0 Å². The summed E-state index contributed by atoms with van der Waals surface area (Å²) in [6, 6.07) is 13.6. The largest absolute Gasteiger partial charge is 0.486 e. The molecule has 2 N–H and O–H groups in total. The lowest BCUT2D eigenvalue weighted by atomic mass is 9.98. The maximum Gasteiger partial charge on any atom is 0.337 e. The summed E-state index contributed by atoms with van der Waals surface area (Å²) >= 11 is 0. The van der Waals surface area contributed by atoms with Crippen LogP contribution < -0.4 is 14.8 Å². The van der Waals surface area contributed by atoms with E-state index in [0.29, 0.717) is 17.1 Å². The number of aromatic nitrogens is 1. The van der Waals surface area contributed by atoms with Gasteiger partial charge < -0.3 is 19.9 Å². The van der Waals surface area contributed by atoms with E-state index in [2.05, 4.69) is 10.3 Å². The molecule has 36 heavy (non-hydrogen) atoms. The average molecular weight is 492 g/mol. The number of carbonyl (C=O) groups is 2. The number of nitrogens with zero attached hydrogens (tertiary/aromatic N) is 2. The minimum absolute atomic E-state index is 0.00192. The Morgan fingerprint density at radius 2 is 1.83 bits per heavy atom. The van der Waals surface area contributed by atoms with Crippen LogP contribution in [0.1, 0.15) is 48.0 Å². The van der Waals surface area contributed by atoms with Crippen molar-refractivity contribution in [1.82, 2.24) is 4.98 Å². The molecule has 10 nitrogen and oxygen atoms in total. The van der Waals surface area contributed by atoms with E-state index in [1.807, 2.05) is 0 Å². The zero-order valence-corrected chi connectivity index (χ0v) is 19.4. The third kappa shape index (κ3) is 6.35. The van der Waals surface area contributed by atoms with Gasteiger partial charge in [0.1, 0.15) is 0 Å². The van der Waals surface area contributed by atoms with Gasteiger partial charge in [-0.2, -0.15) is 0 Å². The number of pyridine rings is 1. The second kappa shape index (κ2) is 11.3. The number of para-hydroxylation sites is 1. The maximum atomic E-state index is 12.4. The average Bonchev–Trinajstić information content (AvgIpc) is 2.87. The van der Waals surface area contributed by atoms with Crippen molar-refractivity contribution >= 4 is 23.3 Å². The molecule has 0 bridgehead atoms. The molecule has 3 aromatic rings. The smallest absolute Gasteiger partial charge is 0.337 e. The van der Waals surface area contributed by atoms with E-state index in [1.165, 1.54) is 36.5 Å². The fourth-order valence-electron chi connectivity index (χ4n) is 4.00. The highest BCUT2D eigenvalue weighted by molar-refractivity contribution is 6.00. The summed E-state index contributed by atoms with van der Waals surface area (Å²) in [5.74, 6) is -0.685. The van der Waals surface area contributed by atoms with Gasteiger partial charge in [0.05, 0.1) is 34.8 Å². The number of hydrogen-bond acceptors (Lipinski definition) is 7. The van der Waals surface area contributed by atoms with Crippen LogP contribution in [0.4, 0.5) is 11.4 Å². The van der Waals surface area contributed by atoms with Crippen molar-refractivity contribution in [2.75, 3.05) is 5.32 Å². The van der Waals surface area contributed by atoms with Gasteiger partial charge in [0.2, 0.25) is 11.8 Å². The predicted molar refractivity (Wildman–Crippen MR) is 131 cm³/mol. The summed E-state index contributed by atoms with van der Waals surface area (Å²) < 4.78 is 11.9. The molecule has 10 heteroatoms. The molecule has 1 fully saturated rings. The SMILES string of the molecule is O=C(Cc1ccc(Oc2ccc([N+](=O)[O-])cc2OC2CCCCC2)nc1)Nc1ccccc1C(=O)O. The number of amides is 1. The Bertz CT molecular complexity index is 1250. The van der Waals surface area contributed by atoms with Gasteiger partial charge in [-0.3, -0.25) is 14.9 Å². The Kier molecular flexibility index (Phi) is 7.74. The molecule has 0 aliphatic heterocycles. The van der Waals surface area contributed by atoms with E-state index in [1.54, 1.807) is 24.3 Å². The molecule has 0 radical (unpaired) electrons. The van der Waals surface area contributed by atoms with E-state index < -0.39 is 16.8 Å². The molecule has 1 saturated carbocycles. The molecule has 1 aliphatic rings.